The van der Waals surface area contributed by atoms with Gasteiger partial charge in [0.05, 0.1) is 24.8 Å². The van der Waals surface area contributed by atoms with Gasteiger partial charge in [-0.2, -0.15) is 0 Å². The summed E-state index contributed by atoms with van der Waals surface area (Å²) in [5.74, 6) is 3.32. The van der Waals surface area contributed by atoms with E-state index in [-0.39, 0.29) is 0 Å². The quantitative estimate of drug-likeness (QED) is 0.223. The van der Waals surface area contributed by atoms with Crippen LogP contribution in [0.1, 0.15) is 18.7 Å². The van der Waals surface area contributed by atoms with E-state index in [0.29, 0.717) is 13.2 Å². The summed E-state index contributed by atoms with van der Waals surface area (Å²) in [6.45, 7) is 1.91. The third kappa shape index (κ3) is 4.84. The third-order valence-corrected chi connectivity index (χ3v) is 5.93. The number of benzene rings is 4. The predicted molar refractivity (Wildman–Crippen MR) is 136 cm³/mol. The molecule has 0 unspecified atom stereocenters. The molecule has 0 aliphatic rings. The molecule has 0 spiro atoms. The number of nitrogens with zero attached hydrogens (tertiary/aromatic N) is 2. The molecule has 0 radical (unpaired) electrons. The number of aromatic nitrogens is 2. The molecule has 0 aliphatic carbocycles. The van der Waals surface area contributed by atoms with Gasteiger partial charge in [0, 0.05) is 6.54 Å². The van der Waals surface area contributed by atoms with Crippen LogP contribution in [-0.4, -0.2) is 23.3 Å². The fourth-order valence-corrected chi connectivity index (χ4v) is 4.18. The molecule has 5 heteroatoms. The van der Waals surface area contributed by atoms with Crippen LogP contribution >= 0.6 is 0 Å². The van der Waals surface area contributed by atoms with E-state index in [1.165, 1.54) is 10.8 Å². The van der Waals surface area contributed by atoms with E-state index >= 15 is 0 Å². The van der Waals surface area contributed by atoms with Gasteiger partial charge in [0.15, 0.2) is 11.5 Å². The molecule has 1 heterocycles. The first-order chi connectivity index (χ1) is 16.8. The highest BCUT2D eigenvalue weighted by molar-refractivity contribution is 5.83. The highest BCUT2D eigenvalue weighted by Gasteiger charge is 2.11. The summed E-state index contributed by atoms with van der Waals surface area (Å²) in [7, 11) is 1.66. The van der Waals surface area contributed by atoms with Crippen molar-refractivity contribution in [3.8, 4) is 17.2 Å². The molecular weight excluding hydrogens is 424 g/mol. The van der Waals surface area contributed by atoms with Gasteiger partial charge in [-0.25, -0.2) is 4.98 Å². The number of fused-ring (bicyclic) bond motifs is 2. The summed E-state index contributed by atoms with van der Waals surface area (Å²) in [6, 6.07) is 30.5. The van der Waals surface area contributed by atoms with E-state index in [2.05, 4.69) is 47.0 Å². The molecule has 0 fully saturated rings. The van der Waals surface area contributed by atoms with Crippen molar-refractivity contribution in [2.75, 3.05) is 13.7 Å². The molecule has 0 atom stereocenters. The lowest BCUT2D eigenvalue weighted by molar-refractivity contribution is 0.278. The molecular formula is C29H28N2O3. The Kier molecular flexibility index (Phi) is 6.61. The highest BCUT2D eigenvalue weighted by atomic mass is 16.5. The van der Waals surface area contributed by atoms with Crippen LogP contribution in [0.4, 0.5) is 0 Å². The minimum absolute atomic E-state index is 0.421. The maximum Gasteiger partial charge on any atom is 0.161 e. The van der Waals surface area contributed by atoms with E-state index in [1.54, 1.807) is 7.11 Å². The summed E-state index contributed by atoms with van der Waals surface area (Å²) in [5.41, 5.74) is 2.12. The molecule has 0 N–H and O–H groups in total. The van der Waals surface area contributed by atoms with Crippen LogP contribution in [-0.2, 0) is 13.2 Å². The zero-order valence-electron chi connectivity index (χ0n) is 19.3. The van der Waals surface area contributed by atoms with Crippen LogP contribution in [0.25, 0.3) is 21.8 Å². The minimum atomic E-state index is 0.421. The van der Waals surface area contributed by atoms with Crippen molar-refractivity contribution >= 4 is 21.8 Å². The maximum atomic E-state index is 6.16. The lowest BCUT2D eigenvalue weighted by Crippen LogP contribution is -2.09. The number of unbranched alkanes of at least 4 members (excludes halogenated alkanes) is 1. The first-order valence-electron chi connectivity index (χ1n) is 11.6. The maximum absolute atomic E-state index is 6.16. The Morgan fingerprint density at radius 1 is 0.735 bits per heavy atom. The summed E-state index contributed by atoms with van der Waals surface area (Å²) in [5, 5.41) is 2.38. The van der Waals surface area contributed by atoms with Crippen molar-refractivity contribution < 1.29 is 14.2 Å². The lowest BCUT2D eigenvalue weighted by atomic mass is 10.1. The Morgan fingerprint density at radius 3 is 2.38 bits per heavy atom. The molecule has 4 aromatic carbocycles. The largest absolute Gasteiger partial charge is 0.493 e. The summed E-state index contributed by atoms with van der Waals surface area (Å²) in [6.07, 6.45) is 1.90. The summed E-state index contributed by atoms with van der Waals surface area (Å²) in [4.78, 5) is 4.85. The van der Waals surface area contributed by atoms with Gasteiger partial charge < -0.3 is 18.8 Å². The Labute approximate surface area is 199 Å². The van der Waals surface area contributed by atoms with Gasteiger partial charge in [0.25, 0.3) is 0 Å². The van der Waals surface area contributed by atoms with Crippen LogP contribution in [0.2, 0.25) is 0 Å². The summed E-state index contributed by atoms with van der Waals surface area (Å²) < 4.78 is 19.7. The van der Waals surface area contributed by atoms with Crippen molar-refractivity contribution in [2.24, 2.45) is 0 Å². The van der Waals surface area contributed by atoms with Gasteiger partial charge in [-0.05, 0) is 60.0 Å². The number of imidazole rings is 1. The molecule has 5 rings (SSSR count). The monoisotopic (exact) mass is 452 g/mol. The molecule has 172 valence electrons. The Morgan fingerprint density at radius 2 is 1.50 bits per heavy atom. The molecule has 0 saturated heterocycles. The normalized spacial score (nSPS) is 11.1. The molecule has 0 amide bonds. The van der Waals surface area contributed by atoms with Crippen LogP contribution < -0.4 is 14.2 Å². The van der Waals surface area contributed by atoms with Crippen LogP contribution in [0.15, 0.2) is 91.0 Å². The van der Waals surface area contributed by atoms with Gasteiger partial charge in [-0.15, -0.1) is 0 Å². The van der Waals surface area contributed by atoms with Gasteiger partial charge in [-0.1, -0.05) is 54.6 Å². The SMILES string of the molecule is COc1ccccc1OCCCCn1c(COc2ccc3ccccc3c2)nc2ccccc21. The zero-order chi connectivity index (χ0) is 23.2. The Hall–Kier alpha value is -3.99. The summed E-state index contributed by atoms with van der Waals surface area (Å²) >= 11 is 0. The molecule has 0 bridgehead atoms. The molecule has 1 aromatic heterocycles. The number of para-hydroxylation sites is 4. The average Bonchev–Trinajstić information content (AvgIpc) is 3.24. The molecule has 5 nitrogen and oxygen atoms in total. The molecule has 5 aromatic rings. The number of hydrogen-bond donors (Lipinski definition) is 0. The number of aryl methyl sites for hydroxylation is 1. The van der Waals surface area contributed by atoms with E-state index in [4.69, 9.17) is 19.2 Å². The van der Waals surface area contributed by atoms with Crippen molar-refractivity contribution in [3.05, 3.63) is 96.8 Å². The van der Waals surface area contributed by atoms with Crippen LogP contribution in [0, 0.1) is 0 Å². The fraction of sp³-hybridized carbons (Fsp3) is 0.207. The van der Waals surface area contributed by atoms with Crippen molar-refractivity contribution in [3.63, 3.8) is 0 Å². The second kappa shape index (κ2) is 10.3. The smallest absolute Gasteiger partial charge is 0.161 e. The van der Waals surface area contributed by atoms with Crippen molar-refractivity contribution in [1.29, 1.82) is 0 Å². The molecule has 0 saturated carbocycles. The first-order valence-corrected chi connectivity index (χ1v) is 11.6. The average molecular weight is 453 g/mol. The first kappa shape index (κ1) is 21.8. The Bertz CT molecular complexity index is 1390. The van der Waals surface area contributed by atoms with E-state index in [9.17, 15) is 0 Å². The number of methoxy groups -OCH3 is 1. The zero-order valence-corrected chi connectivity index (χ0v) is 19.3. The van der Waals surface area contributed by atoms with Gasteiger partial charge in [0.1, 0.15) is 18.2 Å². The Balaban J connectivity index is 1.24. The highest BCUT2D eigenvalue weighted by Crippen LogP contribution is 2.26. The molecule has 34 heavy (non-hydrogen) atoms. The van der Waals surface area contributed by atoms with Gasteiger partial charge >= 0.3 is 0 Å². The predicted octanol–water partition coefficient (Wildman–Crippen LogP) is 6.64. The standard InChI is InChI=1S/C29H28N2O3/c1-32-27-14-6-7-15-28(27)33-19-9-8-18-31-26-13-5-4-12-25(26)30-29(31)21-34-24-17-16-22-10-2-3-11-23(22)20-24/h2-7,10-17,20H,8-9,18-19,21H2,1H3. The number of hydrogen-bond acceptors (Lipinski definition) is 4. The third-order valence-electron chi connectivity index (χ3n) is 5.93. The number of rotatable bonds is 10. The number of ether oxygens (including phenoxy) is 3. The second-order valence-electron chi connectivity index (χ2n) is 8.17. The van der Waals surface area contributed by atoms with E-state index in [0.717, 1.165) is 53.5 Å². The second-order valence-corrected chi connectivity index (χ2v) is 8.17. The van der Waals surface area contributed by atoms with Crippen LogP contribution in [0.3, 0.4) is 0 Å². The fourth-order valence-electron chi connectivity index (χ4n) is 4.18. The van der Waals surface area contributed by atoms with Crippen molar-refractivity contribution in [1.82, 2.24) is 9.55 Å². The lowest BCUT2D eigenvalue weighted by Gasteiger charge is -2.12. The van der Waals surface area contributed by atoms with Crippen LogP contribution in [0.5, 0.6) is 17.2 Å². The van der Waals surface area contributed by atoms with Gasteiger partial charge in [0.2, 0.25) is 0 Å². The van der Waals surface area contributed by atoms with E-state index < -0.39 is 0 Å². The van der Waals surface area contributed by atoms with Crippen molar-refractivity contribution in [2.45, 2.75) is 26.0 Å². The van der Waals surface area contributed by atoms with E-state index in [1.807, 2.05) is 48.5 Å². The van der Waals surface area contributed by atoms with Gasteiger partial charge in [-0.3, -0.25) is 0 Å². The topological polar surface area (TPSA) is 45.5 Å². The molecule has 0 aliphatic heterocycles. The minimum Gasteiger partial charge on any atom is -0.493 e.